The first-order valence-corrected chi connectivity index (χ1v) is 10.5. The lowest BCUT2D eigenvalue weighted by Crippen LogP contribution is -2.15. The third-order valence-corrected chi connectivity index (χ3v) is 5.57. The number of hydrogen-bond donors (Lipinski definition) is 2. The summed E-state index contributed by atoms with van der Waals surface area (Å²) >= 11 is 2.27. The van der Waals surface area contributed by atoms with E-state index in [2.05, 4.69) is 20.8 Å². The van der Waals surface area contributed by atoms with Gasteiger partial charge in [-0.05, 0) is 31.2 Å². The van der Waals surface area contributed by atoms with Gasteiger partial charge in [-0.3, -0.25) is 14.9 Å². The molecule has 9 nitrogen and oxygen atoms in total. The number of carbonyl (C=O) groups excluding carboxylic acids is 1. The number of nitro benzene ring substituents is 1. The normalized spacial score (nSPS) is 10.5. The Kier molecular flexibility index (Phi) is 7.14. The maximum atomic E-state index is 13.7. The lowest BCUT2D eigenvalue weighted by molar-refractivity contribution is -0.384. The van der Waals surface area contributed by atoms with Crippen molar-refractivity contribution >= 4 is 51.2 Å². The number of carbonyl (C=O) groups is 1. The summed E-state index contributed by atoms with van der Waals surface area (Å²) in [5.74, 6) is -0.539. The zero-order chi connectivity index (χ0) is 21.5. The van der Waals surface area contributed by atoms with Crippen LogP contribution < -0.4 is 15.4 Å². The molecule has 0 radical (unpaired) electrons. The van der Waals surface area contributed by atoms with E-state index < -0.39 is 16.6 Å². The van der Waals surface area contributed by atoms with Crippen molar-refractivity contribution in [3.63, 3.8) is 0 Å². The first-order valence-electron chi connectivity index (χ1n) is 8.65. The number of nitro groups is 1. The number of amides is 1. The highest BCUT2D eigenvalue weighted by Gasteiger charge is 2.18. The van der Waals surface area contributed by atoms with Gasteiger partial charge in [0.2, 0.25) is 11.0 Å². The van der Waals surface area contributed by atoms with Crippen LogP contribution in [0.4, 0.5) is 26.6 Å². The van der Waals surface area contributed by atoms with Gasteiger partial charge in [0, 0.05) is 0 Å². The van der Waals surface area contributed by atoms with Crippen LogP contribution in [-0.2, 0) is 4.79 Å². The highest BCUT2D eigenvalue weighted by molar-refractivity contribution is 8.01. The summed E-state index contributed by atoms with van der Waals surface area (Å²) in [6.45, 7) is 2.14. The quantitative estimate of drug-likeness (QED) is 0.279. The number of halogens is 1. The molecule has 0 spiro atoms. The third-order valence-electron chi connectivity index (χ3n) is 3.60. The highest BCUT2D eigenvalue weighted by Crippen LogP contribution is 2.31. The fourth-order valence-corrected chi connectivity index (χ4v) is 3.90. The average Bonchev–Trinajstić information content (AvgIpc) is 3.17. The van der Waals surface area contributed by atoms with Gasteiger partial charge in [-0.25, -0.2) is 4.39 Å². The molecule has 0 saturated heterocycles. The lowest BCUT2D eigenvalue weighted by atomic mass is 10.2. The van der Waals surface area contributed by atoms with Crippen LogP contribution in [0.5, 0.6) is 5.75 Å². The molecule has 0 aliphatic carbocycles. The molecule has 12 heteroatoms. The predicted octanol–water partition coefficient (Wildman–Crippen LogP) is 4.46. The number of anilines is 3. The van der Waals surface area contributed by atoms with Gasteiger partial charge in [0.05, 0.1) is 29.0 Å². The molecule has 156 valence electrons. The molecule has 1 heterocycles. The molecule has 3 rings (SSSR count). The van der Waals surface area contributed by atoms with Crippen LogP contribution in [0.3, 0.4) is 0 Å². The summed E-state index contributed by atoms with van der Waals surface area (Å²) in [5.41, 5.74) is 0.0885. The maximum absolute atomic E-state index is 13.7. The summed E-state index contributed by atoms with van der Waals surface area (Å²) in [6.07, 6.45) is 0. The molecular formula is C18H16FN5O4S2. The monoisotopic (exact) mass is 449 g/mol. The van der Waals surface area contributed by atoms with Gasteiger partial charge in [-0.1, -0.05) is 35.2 Å². The molecule has 0 bridgehead atoms. The summed E-state index contributed by atoms with van der Waals surface area (Å²) in [7, 11) is 0. The summed E-state index contributed by atoms with van der Waals surface area (Å²) in [4.78, 5) is 22.9. The summed E-state index contributed by atoms with van der Waals surface area (Å²) in [5, 5.41) is 24.8. The molecule has 2 N–H and O–H groups in total. The minimum atomic E-state index is -0.587. The SMILES string of the molecule is CCOc1ccc(NC(=O)CSc2nnc(Nc3ccccc3F)s2)c([N+](=O)[O-])c1. The minimum Gasteiger partial charge on any atom is -0.494 e. The fourth-order valence-electron chi connectivity index (χ4n) is 2.33. The second-order valence-electron chi connectivity index (χ2n) is 5.68. The molecule has 0 saturated carbocycles. The number of nitrogens with one attached hydrogen (secondary N) is 2. The lowest BCUT2D eigenvalue weighted by Gasteiger charge is -2.08. The van der Waals surface area contributed by atoms with Crippen molar-refractivity contribution in [3.8, 4) is 5.75 Å². The Hall–Kier alpha value is -3.25. The predicted molar refractivity (Wildman–Crippen MR) is 113 cm³/mol. The molecular weight excluding hydrogens is 433 g/mol. The van der Waals surface area contributed by atoms with Gasteiger partial charge < -0.3 is 15.4 Å². The molecule has 1 amide bonds. The molecule has 2 aromatic carbocycles. The Balaban J connectivity index is 1.58. The number of ether oxygens (including phenoxy) is 1. The summed E-state index contributed by atoms with van der Waals surface area (Å²) in [6, 6.07) is 10.4. The number of aromatic nitrogens is 2. The van der Waals surface area contributed by atoms with Gasteiger partial charge in [-0.2, -0.15) is 0 Å². The highest BCUT2D eigenvalue weighted by atomic mass is 32.2. The fraction of sp³-hybridized carbons (Fsp3) is 0.167. The summed E-state index contributed by atoms with van der Waals surface area (Å²) < 4.78 is 19.4. The van der Waals surface area contributed by atoms with Crippen LogP contribution in [0.1, 0.15) is 6.92 Å². The van der Waals surface area contributed by atoms with E-state index in [-0.39, 0.29) is 22.8 Å². The Morgan fingerprint density at radius 3 is 2.80 bits per heavy atom. The van der Waals surface area contributed by atoms with E-state index in [4.69, 9.17) is 4.74 Å². The van der Waals surface area contributed by atoms with E-state index >= 15 is 0 Å². The van der Waals surface area contributed by atoms with Crippen molar-refractivity contribution in [2.24, 2.45) is 0 Å². The molecule has 30 heavy (non-hydrogen) atoms. The zero-order valence-electron chi connectivity index (χ0n) is 15.6. The molecule has 0 aliphatic heterocycles. The third kappa shape index (κ3) is 5.64. The van der Waals surface area contributed by atoms with Crippen LogP contribution >= 0.6 is 23.1 Å². The Morgan fingerprint density at radius 1 is 1.27 bits per heavy atom. The molecule has 0 aliphatic rings. The van der Waals surface area contributed by atoms with Gasteiger partial charge >= 0.3 is 0 Å². The van der Waals surface area contributed by atoms with E-state index in [9.17, 15) is 19.3 Å². The topological polar surface area (TPSA) is 119 Å². The maximum Gasteiger partial charge on any atom is 0.296 e. The van der Waals surface area contributed by atoms with Crippen molar-refractivity contribution in [2.75, 3.05) is 23.0 Å². The van der Waals surface area contributed by atoms with E-state index in [1.54, 1.807) is 31.2 Å². The number of para-hydroxylation sites is 1. The Bertz CT molecular complexity index is 1060. The van der Waals surface area contributed by atoms with Crippen LogP contribution in [0.25, 0.3) is 0 Å². The number of hydrogen-bond acceptors (Lipinski definition) is 9. The molecule has 0 fully saturated rings. The van der Waals surface area contributed by atoms with Crippen LogP contribution in [0.2, 0.25) is 0 Å². The van der Waals surface area contributed by atoms with E-state index in [0.717, 1.165) is 23.1 Å². The number of benzene rings is 2. The molecule has 0 atom stereocenters. The standard InChI is InChI=1S/C18H16FN5O4S2/c1-2-28-11-7-8-14(15(9-11)24(26)27)20-16(25)10-29-18-23-22-17(30-18)21-13-6-4-3-5-12(13)19/h3-9H,2,10H2,1H3,(H,20,25)(H,21,22). The van der Waals surface area contributed by atoms with E-state index in [0.29, 0.717) is 21.8 Å². The average molecular weight is 449 g/mol. The van der Waals surface area contributed by atoms with Gasteiger partial charge in [0.25, 0.3) is 5.69 Å². The minimum absolute atomic E-state index is 0.0291. The largest absolute Gasteiger partial charge is 0.494 e. The van der Waals surface area contributed by atoms with Gasteiger partial charge in [0.15, 0.2) is 4.34 Å². The van der Waals surface area contributed by atoms with Crippen molar-refractivity contribution in [1.29, 1.82) is 0 Å². The first-order chi connectivity index (χ1) is 14.5. The second kappa shape index (κ2) is 9.98. The Labute approximate surface area is 178 Å². The Morgan fingerprint density at radius 2 is 2.07 bits per heavy atom. The molecule has 1 aromatic heterocycles. The second-order valence-corrected chi connectivity index (χ2v) is 7.88. The number of thioether (sulfide) groups is 1. The van der Waals surface area contributed by atoms with Crippen molar-refractivity contribution in [3.05, 3.63) is 58.4 Å². The molecule has 0 unspecified atom stereocenters. The van der Waals surface area contributed by atoms with Crippen LogP contribution in [-0.4, -0.2) is 33.4 Å². The first kappa shape index (κ1) is 21.5. The molecule has 3 aromatic rings. The zero-order valence-corrected chi connectivity index (χ0v) is 17.3. The van der Waals surface area contributed by atoms with E-state index in [1.807, 2.05) is 0 Å². The number of rotatable bonds is 9. The van der Waals surface area contributed by atoms with Gasteiger partial charge in [-0.15, -0.1) is 10.2 Å². The van der Waals surface area contributed by atoms with E-state index in [1.165, 1.54) is 18.2 Å². The van der Waals surface area contributed by atoms with Crippen molar-refractivity contribution in [2.45, 2.75) is 11.3 Å². The van der Waals surface area contributed by atoms with Crippen molar-refractivity contribution in [1.82, 2.24) is 10.2 Å². The van der Waals surface area contributed by atoms with Gasteiger partial charge in [0.1, 0.15) is 17.3 Å². The van der Waals surface area contributed by atoms with Crippen LogP contribution in [0, 0.1) is 15.9 Å². The van der Waals surface area contributed by atoms with Crippen LogP contribution in [0.15, 0.2) is 46.8 Å². The van der Waals surface area contributed by atoms with Crippen molar-refractivity contribution < 1.29 is 18.8 Å². The number of nitrogens with zero attached hydrogens (tertiary/aromatic N) is 3. The smallest absolute Gasteiger partial charge is 0.296 e.